The van der Waals surface area contributed by atoms with Crippen LogP contribution in [0.4, 0.5) is 0 Å². The lowest BCUT2D eigenvalue weighted by molar-refractivity contribution is 0.445. The molecule has 1 aromatic heterocycles. The number of hydrogen-bond donors (Lipinski definition) is 1. The predicted octanol–water partition coefficient (Wildman–Crippen LogP) is 2.50. The molecule has 1 aromatic rings. The monoisotopic (exact) mass is 225 g/mol. The van der Waals surface area contributed by atoms with Crippen molar-refractivity contribution in [3.05, 3.63) is 34.2 Å². The molecule has 0 amide bonds. The van der Waals surface area contributed by atoms with Crippen LogP contribution in [0.15, 0.2) is 23.1 Å². The molecule has 1 atom stereocenters. The molecule has 0 N–H and O–H groups in total. The fourth-order valence-corrected chi connectivity index (χ4v) is 2.03. The van der Waals surface area contributed by atoms with Crippen LogP contribution in [0.2, 0.25) is 0 Å². The van der Waals surface area contributed by atoms with E-state index in [4.69, 9.17) is 0 Å². The second-order valence-electron chi connectivity index (χ2n) is 3.99. The minimum Gasteiger partial charge on any atom is -0.315 e. The Morgan fingerprint density at radius 1 is 1.53 bits per heavy atom. The lowest BCUT2D eigenvalue weighted by Gasteiger charge is -2.15. The van der Waals surface area contributed by atoms with Crippen molar-refractivity contribution in [1.29, 1.82) is 0 Å². The van der Waals surface area contributed by atoms with E-state index >= 15 is 0 Å². The highest BCUT2D eigenvalue weighted by atomic mass is 32.1. The Hall–Kier alpha value is -0.700. The van der Waals surface area contributed by atoms with Crippen LogP contribution in [-0.4, -0.2) is 10.3 Å². The average molecular weight is 225 g/mol. The third-order valence-corrected chi connectivity index (χ3v) is 3.14. The van der Waals surface area contributed by atoms with Gasteiger partial charge in [-0.2, -0.15) is 12.6 Å². The SMILES string of the molecule is CCCC(CS)Cn1cccc(C)c1=O. The maximum Gasteiger partial charge on any atom is 0.253 e. The summed E-state index contributed by atoms with van der Waals surface area (Å²) in [7, 11) is 0. The summed E-state index contributed by atoms with van der Waals surface area (Å²) in [4.78, 5) is 11.8. The molecule has 1 rings (SSSR count). The van der Waals surface area contributed by atoms with Crippen LogP contribution >= 0.6 is 12.6 Å². The molecule has 15 heavy (non-hydrogen) atoms. The van der Waals surface area contributed by atoms with E-state index in [1.165, 1.54) is 0 Å². The van der Waals surface area contributed by atoms with Crippen LogP contribution in [0.1, 0.15) is 25.3 Å². The molecular formula is C12H19NOS. The van der Waals surface area contributed by atoms with Gasteiger partial charge in [0.1, 0.15) is 0 Å². The van der Waals surface area contributed by atoms with Crippen molar-refractivity contribution in [1.82, 2.24) is 4.57 Å². The van der Waals surface area contributed by atoms with Crippen LogP contribution in [0, 0.1) is 12.8 Å². The summed E-state index contributed by atoms with van der Waals surface area (Å²) in [5.41, 5.74) is 0.937. The lowest BCUT2D eigenvalue weighted by Crippen LogP contribution is -2.25. The molecule has 0 bridgehead atoms. The minimum atomic E-state index is 0.125. The average Bonchev–Trinajstić information content (AvgIpc) is 2.24. The van der Waals surface area contributed by atoms with E-state index in [-0.39, 0.29) is 5.56 Å². The van der Waals surface area contributed by atoms with E-state index in [2.05, 4.69) is 19.6 Å². The van der Waals surface area contributed by atoms with E-state index in [0.717, 1.165) is 30.7 Å². The van der Waals surface area contributed by atoms with Gasteiger partial charge >= 0.3 is 0 Å². The first kappa shape index (κ1) is 12.4. The second-order valence-corrected chi connectivity index (χ2v) is 4.35. The summed E-state index contributed by atoms with van der Waals surface area (Å²) < 4.78 is 1.80. The second kappa shape index (κ2) is 6.01. The normalized spacial score (nSPS) is 12.7. The molecule has 84 valence electrons. The maximum atomic E-state index is 11.8. The smallest absolute Gasteiger partial charge is 0.253 e. The number of hydrogen-bond acceptors (Lipinski definition) is 2. The van der Waals surface area contributed by atoms with Gasteiger partial charge in [0.25, 0.3) is 5.56 Å². The molecule has 0 spiro atoms. The highest BCUT2D eigenvalue weighted by Gasteiger charge is 2.07. The summed E-state index contributed by atoms with van der Waals surface area (Å²) in [6.45, 7) is 4.81. The number of nitrogens with zero attached hydrogens (tertiary/aromatic N) is 1. The zero-order valence-corrected chi connectivity index (χ0v) is 10.3. The first-order valence-electron chi connectivity index (χ1n) is 5.46. The molecule has 0 radical (unpaired) electrons. The van der Waals surface area contributed by atoms with Crippen molar-refractivity contribution in [3.63, 3.8) is 0 Å². The molecule has 0 saturated carbocycles. The molecule has 0 fully saturated rings. The Morgan fingerprint density at radius 3 is 2.87 bits per heavy atom. The topological polar surface area (TPSA) is 22.0 Å². The van der Waals surface area contributed by atoms with Crippen molar-refractivity contribution >= 4 is 12.6 Å². The number of thiol groups is 1. The van der Waals surface area contributed by atoms with Crippen molar-refractivity contribution in [2.45, 2.75) is 33.2 Å². The highest BCUT2D eigenvalue weighted by Crippen LogP contribution is 2.10. The number of rotatable bonds is 5. The quantitative estimate of drug-likeness (QED) is 0.764. The van der Waals surface area contributed by atoms with Gasteiger partial charge in [0, 0.05) is 18.3 Å². The summed E-state index contributed by atoms with van der Waals surface area (Å²) in [6.07, 6.45) is 4.14. The first-order valence-corrected chi connectivity index (χ1v) is 6.09. The fourth-order valence-electron chi connectivity index (χ4n) is 1.73. The van der Waals surface area contributed by atoms with Crippen molar-refractivity contribution < 1.29 is 0 Å². The van der Waals surface area contributed by atoms with Gasteiger partial charge in [0.2, 0.25) is 0 Å². The zero-order valence-electron chi connectivity index (χ0n) is 9.44. The van der Waals surface area contributed by atoms with E-state index in [1.807, 2.05) is 25.3 Å². The Labute approximate surface area is 96.7 Å². The molecular weight excluding hydrogens is 206 g/mol. The van der Waals surface area contributed by atoms with Gasteiger partial charge < -0.3 is 4.57 Å². The molecule has 0 aliphatic heterocycles. The maximum absolute atomic E-state index is 11.8. The molecule has 0 aromatic carbocycles. The molecule has 0 aliphatic rings. The number of aryl methyl sites for hydroxylation is 1. The predicted molar refractivity (Wildman–Crippen MR) is 67.7 cm³/mol. The van der Waals surface area contributed by atoms with Gasteiger partial charge in [-0.3, -0.25) is 4.79 Å². The van der Waals surface area contributed by atoms with E-state index in [0.29, 0.717) is 5.92 Å². The molecule has 0 saturated heterocycles. The Bertz CT molecular complexity index is 359. The van der Waals surface area contributed by atoms with Gasteiger partial charge in [-0.05, 0) is 31.1 Å². The minimum absolute atomic E-state index is 0.125. The fraction of sp³-hybridized carbons (Fsp3) is 0.583. The third kappa shape index (κ3) is 3.42. The third-order valence-electron chi connectivity index (χ3n) is 2.62. The van der Waals surface area contributed by atoms with Crippen LogP contribution in [-0.2, 0) is 6.54 Å². The van der Waals surface area contributed by atoms with Crippen LogP contribution < -0.4 is 5.56 Å². The molecule has 3 heteroatoms. The van der Waals surface area contributed by atoms with Crippen LogP contribution in [0.25, 0.3) is 0 Å². The van der Waals surface area contributed by atoms with E-state index < -0.39 is 0 Å². The van der Waals surface area contributed by atoms with Crippen molar-refractivity contribution in [3.8, 4) is 0 Å². The Balaban J connectivity index is 2.79. The lowest BCUT2D eigenvalue weighted by atomic mass is 10.1. The molecule has 2 nitrogen and oxygen atoms in total. The summed E-state index contributed by atoms with van der Waals surface area (Å²) in [5.74, 6) is 1.34. The van der Waals surface area contributed by atoms with Gasteiger partial charge in [0.15, 0.2) is 0 Å². The first-order chi connectivity index (χ1) is 7.19. The number of pyridine rings is 1. The van der Waals surface area contributed by atoms with Crippen molar-refractivity contribution in [2.75, 3.05) is 5.75 Å². The Morgan fingerprint density at radius 2 is 2.27 bits per heavy atom. The van der Waals surface area contributed by atoms with E-state index in [1.54, 1.807) is 4.57 Å². The number of aromatic nitrogens is 1. The summed E-state index contributed by atoms with van der Waals surface area (Å²) in [6, 6.07) is 3.78. The van der Waals surface area contributed by atoms with Crippen molar-refractivity contribution in [2.24, 2.45) is 5.92 Å². The summed E-state index contributed by atoms with van der Waals surface area (Å²) >= 11 is 4.32. The van der Waals surface area contributed by atoms with E-state index in [9.17, 15) is 4.79 Å². The zero-order chi connectivity index (χ0) is 11.3. The summed E-state index contributed by atoms with van der Waals surface area (Å²) in [5, 5.41) is 0. The van der Waals surface area contributed by atoms with Gasteiger partial charge in [-0.25, -0.2) is 0 Å². The molecule has 0 aliphatic carbocycles. The van der Waals surface area contributed by atoms with Crippen LogP contribution in [0.3, 0.4) is 0 Å². The van der Waals surface area contributed by atoms with Gasteiger partial charge in [-0.1, -0.05) is 19.4 Å². The van der Waals surface area contributed by atoms with Crippen LogP contribution in [0.5, 0.6) is 0 Å². The molecule has 1 unspecified atom stereocenters. The standard InChI is InChI=1S/C12H19NOS/c1-3-5-11(9-15)8-13-7-4-6-10(2)12(13)14/h4,6-7,11,15H,3,5,8-9H2,1-2H3. The Kier molecular flexibility index (Phi) is 4.95. The largest absolute Gasteiger partial charge is 0.315 e. The molecule has 1 heterocycles. The van der Waals surface area contributed by atoms with Gasteiger partial charge in [0.05, 0.1) is 0 Å². The van der Waals surface area contributed by atoms with Gasteiger partial charge in [-0.15, -0.1) is 0 Å². The highest BCUT2D eigenvalue weighted by molar-refractivity contribution is 7.80.